The molecule has 0 aliphatic carbocycles. The molecule has 0 spiro atoms. The molecule has 0 bridgehead atoms. The highest BCUT2D eigenvalue weighted by molar-refractivity contribution is 6.31. The number of likely N-dealkylation sites (tertiary alicyclic amines) is 2. The van der Waals surface area contributed by atoms with E-state index < -0.39 is 0 Å². The van der Waals surface area contributed by atoms with Crippen LogP contribution in [0.3, 0.4) is 0 Å². The van der Waals surface area contributed by atoms with E-state index in [9.17, 15) is 14.4 Å². The number of carbonyl (C=O) groups excluding carboxylic acids is 3. The molecule has 23 heavy (non-hydrogen) atoms. The van der Waals surface area contributed by atoms with Gasteiger partial charge in [0.25, 0.3) is 5.91 Å². The van der Waals surface area contributed by atoms with Gasteiger partial charge in [0.05, 0.1) is 17.0 Å². The second-order valence-electron chi connectivity index (χ2n) is 6.08. The number of amides is 3. The molecule has 1 aromatic heterocycles. The van der Waals surface area contributed by atoms with Crippen molar-refractivity contribution in [1.29, 1.82) is 0 Å². The molecule has 8 heteroatoms. The van der Waals surface area contributed by atoms with Crippen LogP contribution in [0.4, 0.5) is 0 Å². The Kier molecular flexibility index (Phi) is 4.06. The van der Waals surface area contributed by atoms with Crippen LogP contribution in [0.15, 0.2) is 12.3 Å². The zero-order valence-electron chi connectivity index (χ0n) is 13.1. The highest BCUT2D eigenvalue weighted by Crippen LogP contribution is 2.26. The largest absolute Gasteiger partial charge is 0.359 e. The van der Waals surface area contributed by atoms with Crippen LogP contribution in [0.2, 0.25) is 5.02 Å². The summed E-state index contributed by atoms with van der Waals surface area (Å²) in [7, 11) is 3.35. The molecule has 1 aromatic rings. The van der Waals surface area contributed by atoms with Gasteiger partial charge < -0.3 is 19.7 Å². The molecule has 1 N–H and O–H groups in total. The Labute approximate surface area is 139 Å². The van der Waals surface area contributed by atoms with Crippen LogP contribution in [0, 0.1) is 5.92 Å². The summed E-state index contributed by atoms with van der Waals surface area (Å²) in [6.45, 7) is 1.42. The first-order valence-electron chi connectivity index (χ1n) is 7.53. The number of nitrogens with one attached hydrogen (secondary N) is 1. The molecule has 1 atom stereocenters. The maximum absolute atomic E-state index is 12.4. The van der Waals surface area contributed by atoms with E-state index in [1.165, 1.54) is 0 Å². The highest BCUT2D eigenvalue weighted by Gasteiger charge is 2.43. The number of rotatable bonds is 3. The maximum atomic E-state index is 12.4. The van der Waals surface area contributed by atoms with Crippen molar-refractivity contribution in [2.45, 2.75) is 12.5 Å². The van der Waals surface area contributed by atoms with E-state index >= 15 is 0 Å². The predicted molar refractivity (Wildman–Crippen MR) is 84.0 cm³/mol. The smallest absolute Gasteiger partial charge is 0.270 e. The van der Waals surface area contributed by atoms with Gasteiger partial charge in [0.15, 0.2) is 0 Å². The normalized spacial score (nSPS) is 21.5. The first-order valence-corrected chi connectivity index (χ1v) is 7.90. The van der Waals surface area contributed by atoms with E-state index in [1.807, 2.05) is 0 Å². The summed E-state index contributed by atoms with van der Waals surface area (Å²) in [5.74, 6) is -0.502. The maximum Gasteiger partial charge on any atom is 0.270 e. The van der Waals surface area contributed by atoms with Crippen LogP contribution in [0.1, 0.15) is 16.9 Å². The second kappa shape index (κ2) is 5.88. The molecule has 3 rings (SSSR count). The van der Waals surface area contributed by atoms with Crippen LogP contribution in [0.5, 0.6) is 0 Å². The van der Waals surface area contributed by atoms with Gasteiger partial charge in [0, 0.05) is 46.3 Å². The Hall–Kier alpha value is -2.02. The number of aromatic nitrogens is 1. The summed E-state index contributed by atoms with van der Waals surface area (Å²) in [6, 6.07) is 1.64. The lowest BCUT2D eigenvalue weighted by atomic mass is 10.1. The van der Waals surface area contributed by atoms with E-state index in [-0.39, 0.29) is 36.1 Å². The summed E-state index contributed by atoms with van der Waals surface area (Å²) in [6.07, 6.45) is 1.93. The third kappa shape index (κ3) is 2.81. The molecule has 124 valence electrons. The summed E-state index contributed by atoms with van der Waals surface area (Å²) in [4.78, 5) is 39.5. The van der Waals surface area contributed by atoms with Crippen molar-refractivity contribution >= 4 is 29.3 Å². The average molecular weight is 339 g/mol. The number of aryl methyl sites for hydroxylation is 1. The minimum absolute atomic E-state index is 0.00292. The van der Waals surface area contributed by atoms with Crippen LogP contribution in [-0.2, 0) is 16.6 Å². The molecular weight excluding hydrogens is 320 g/mol. The predicted octanol–water partition coefficient (Wildman–Crippen LogP) is 0.0974. The van der Waals surface area contributed by atoms with Crippen LogP contribution in [0.25, 0.3) is 0 Å². The van der Waals surface area contributed by atoms with Gasteiger partial charge in [-0.1, -0.05) is 11.6 Å². The van der Waals surface area contributed by atoms with Gasteiger partial charge >= 0.3 is 0 Å². The fourth-order valence-corrected chi connectivity index (χ4v) is 3.43. The lowest BCUT2D eigenvalue weighted by molar-refractivity contribution is -0.132. The molecule has 1 unspecified atom stereocenters. The topological polar surface area (TPSA) is 74.7 Å². The lowest BCUT2D eigenvalue weighted by Crippen LogP contribution is -2.61. The minimum atomic E-state index is -0.288. The molecule has 2 aliphatic heterocycles. The fraction of sp³-hybridized carbons (Fsp3) is 0.533. The Morgan fingerprint density at radius 2 is 2.00 bits per heavy atom. The van der Waals surface area contributed by atoms with Gasteiger partial charge in [-0.3, -0.25) is 14.4 Å². The standard InChI is InChI=1S/C15H19ClN4O3/c1-17-14(22)9-3-13(21)20(5-9)11-7-19(8-11)15(23)12-4-10(16)6-18(12)2/h4,6,9,11H,3,5,7-8H2,1-2H3,(H,17,22). The third-order valence-electron chi connectivity index (χ3n) is 4.56. The molecular formula is C15H19ClN4O3. The quantitative estimate of drug-likeness (QED) is 0.849. The SMILES string of the molecule is CNC(=O)C1CC(=O)N(C2CN(C(=O)c3cc(Cl)cn3C)C2)C1. The van der Waals surface area contributed by atoms with Crippen molar-refractivity contribution in [1.82, 2.24) is 19.7 Å². The molecule has 2 saturated heterocycles. The zero-order chi connectivity index (χ0) is 16.7. The number of carbonyl (C=O) groups is 3. The third-order valence-corrected chi connectivity index (χ3v) is 4.76. The molecule has 3 heterocycles. The van der Waals surface area contributed by atoms with Gasteiger partial charge in [-0.2, -0.15) is 0 Å². The summed E-state index contributed by atoms with van der Waals surface area (Å²) in [5.41, 5.74) is 0.532. The fourth-order valence-electron chi connectivity index (χ4n) is 3.18. The Morgan fingerprint density at radius 3 is 2.57 bits per heavy atom. The second-order valence-corrected chi connectivity index (χ2v) is 6.52. The number of hydrogen-bond acceptors (Lipinski definition) is 3. The van der Waals surface area contributed by atoms with E-state index in [0.717, 1.165) is 0 Å². The van der Waals surface area contributed by atoms with Crippen LogP contribution >= 0.6 is 11.6 Å². The Morgan fingerprint density at radius 1 is 1.30 bits per heavy atom. The molecule has 2 fully saturated rings. The van der Waals surface area contributed by atoms with Gasteiger partial charge in [0.1, 0.15) is 5.69 Å². The van der Waals surface area contributed by atoms with E-state index in [0.29, 0.717) is 30.4 Å². The van der Waals surface area contributed by atoms with Crippen LogP contribution in [-0.4, -0.2) is 64.8 Å². The van der Waals surface area contributed by atoms with E-state index in [4.69, 9.17) is 11.6 Å². The van der Waals surface area contributed by atoms with Crippen molar-refractivity contribution in [2.24, 2.45) is 13.0 Å². The molecule has 0 saturated carbocycles. The van der Waals surface area contributed by atoms with Gasteiger partial charge in [0.2, 0.25) is 11.8 Å². The molecule has 3 amide bonds. The molecule has 0 radical (unpaired) electrons. The zero-order valence-corrected chi connectivity index (χ0v) is 13.8. The van der Waals surface area contributed by atoms with Gasteiger partial charge in [-0.15, -0.1) is 0 Å². The van der Waals surface area contributed by atoms with Gasteiger partial charge in [-0.05, 0) is 6.07 Å². The number of nitrogens with zero attached hydrogens (tertiary/aromatic N) is 3. The number of hydrogen-bond donors (Lipinski definition) is 1. The minimum Gasteiger partial charge on any atom is -0.359 e. The number of halogens is 1. The monoisotopic (exact) mass is 338 g/mol. The van der Waals surface area contributed by atoms with Crippen molar-refractivity contribution in [2.75, 3.05) is 26.7 Å². The Bertz CT molecular complexity index is 666. The molecule has 0 aromatic carbocycles. The first kappa shape index (κ1) is 15.9. The summed E-state index contributed by atoms with van der Waals surface area (Å²) < 4.78 is 1.70. The van der Waals surface area contributed by atoms with Crippen molar-refractivity contribution in [3.05, 3.63) is 23.0 Å². The highest BCUT2D eigenvalue weighted by atomic mass is 35.5. The Balaban J connectivity index is 1.59. The van der Waals surface area contributed by atoms with Crippen molar-refractivity contribution in [3.8, 4) is 0 Å². The molecule has 2 aliphatic rings. The van der Waals surface area contributed by atoms with E-state index in [2.05, 4.69) is 5.32 Å². The first-order chi connectivity index (χ1) is 10.9. The van der Waals surface area contributed by atoms with E-state index in [1.54, 1.807) is 40.7 Å². The summed E-state index contributed by atoms with van der Waals surface area (Å²) >= 11 is 5.90. The van der Waals surface area contributed by atoms with Crippen molar-refractivity contribution in [3.63, 3.8) is 0 Å². The van der Waals surface area contributed by atoms with Gasteiger partial charge in [-0.25, -0.2) is 0 Å². The van der Waals surface area contributed by atoms with Crippen molar-refractivity contribution < 1.29 is 14.4 Å². The summed E-state index contributed by atoms with van der Waals surface area (Å²) in [5, 5.41) is 3.11. The lowest BCUT2D eigenvalue weighted by Gasteiger charge is -2.44. The average Bonchev–Trinajstić information content (AvgIpc) is 2.99. The van der Waals surface area contributed by atoms with Crippen LogP contribution < -0.4 is 5.32 Å². The molecule has 7 nitrogen and oxygen atoms in total.